The number of rotatable bonds is 3. The topological polar surface area (TPSA) is 58.4 Å². The van der Waals surface area contributed by atoms with Crippen LogP contribution in [0.3, 0.4) is 0 Å². The van der Waals surface area contributed by atoms with Crippen LogP contribution < -0.4 is 5.32 Å². The third-order valence-electron chi connectivity index (χ3n) is 3.34. The van der Waals surface area contributed by atoms with Crippen LogP contribution in [0.2, 0.25) is 0 Å². The van der Waals surface area contributed by atoms with E-state index in [-0.39, 0.29) is 11.7 Å². The number of hydrogen-bond acceptors (Lipinski definition) is 4. The van der Waals surface area contributed by atoms with E-state index in [0.29, 0.717) is 5.56 Å². The van der Waals surface area contributed by atoms with Gasteiger partial charge in [0.05, 0.1) is 4.92 Å². The van der Waals surface area contributed by atoms with Gasteiger partial charge >= 0.3 is 0 Å². The van der Waals surface area contributed by atoms with Crippen molar-refractivity contribution in [3.05, 3.63) is 39.7 Å². The number of nitro groups is 1. The van der Waals surface area contributed by atoms with E-state index in [1.807, 2.05) is 6.92 Å². The van der Waals surface area contributed by atoms with Crippen LogP contribution in [0.15, 0.2) is 18.2 Å². The first-order valence-corrected chi connectivity index (χ1v) is 5.98. The SMILES string of the molecule is C[C@@H](c1cc(F)ccc1[N+](=O)[O-])N1CCNCC1. The van der Waals surface area contributed by atoms with E-state index in [1.165, 1.54) is 12.1 Å². The summed E-state index contributed by atoms with van der Waals surface area (Å²) in [5, 5.41) is 14.2. The van der Waals surface area contributed by atoms with E-state index in [0.717, 1.165) is 32.2 Å². The molecule has 1 aliphatic heterocycles. The maximum Gasteiger partial charge on any atom is 0.274 e. The van der Waals surface area contributed by atoms with Crippen molar-refractivity contribution < 1.29 is 9.31 Å². The predicted molar refractivity (Wildman–Crippen MR) is 65.9 cm³/mol. The first kappa shape index (κ1) is 12.9. The normalized spacial score (nSPS) is 18.6. The van der Waals surface area contributed by atoms with Crippen LogP contribution in [0.4, 0.5) is 10.1 Å². The molecule has 0 spiro atoms. The van der Waals surface area contributed by atoms with Gasteiger partial charge in [0.25, 0.3) is 5.69 Å². The quantitative estimate of drug-likeness (QED) is 0.658. The van der Waals surface area contributed by atoms with E-state index in [2.05, 4.69) is 10.2 Å². The number of nitro benzene ring substituents is 1. The molecule has 6 heteroatoms. The molecule has 1 aromatic rings. The summed E-state index contributed by atoms with van der Waals surface area (Å²) in [5.41, 5.74) is 0.435. The van der Waals surface area contributed by atoms with Crippen LogP contribution in [0.25, 0.3) is 0 Å². The zero-order chi connectivity index (χ0) is 13.1. The molecule has 0 aromatic heterocycles. The molecule has 1 aromatic carbocycles. The van der Waals surface area contributed by atoms with Gasteiger partial charge in [-0.15, -0.1) is 0 Å². The molecular weight excluding hydrogens is 237 g/mol. The molecule has 1 N–H and O–H groups in total. The molecule has 18 heavy (non-hydrogen) atoms. The number of hydrogen-bond donors (Lipinski definition) is 1. The Hall–Kier alpha value is -1.53. The lowest BCUT2D eigenvalue weighted by molar-refractivity contribution is -0.386. The third kappa shape index (κ3) is 2.65. The van der Waals surface area contributed by atoms with Gasteiger partial charge in [-0.05, 0) is 19.1 Å². The van der Waals surface area contributed by atoms with Gasteiger partial charge in [-0.1, -0.05) is 0 Å². The molecule has 1 heterocycles. The van der Waals surface area contributed by atoms with E-state index in [4.69, 9.17) is 0 Å². The van der Waals surface area contributed by atoms with Crippen LogP contribution in [0.5, 0.6) is 0 Å². The molecule has 0 amide bonds. The summed E-state index contributed by atoms with van der Waals surface area (Å²) in [6.45, 7) is 5.22. The molecule has 1 saturated heterocycles. The minimum Gasteiger partial charge on any atom is -0.314 e. The summed E-state index contributed by atoms with van der Waals surface area (Å²) in [7, 11) is 0. The standard InChI is InChI=1S/C12H16FN3O2/c1-9(15-6-4-14-5-7-15)11-8-10(13)2-3-12(11)16(17)18/h2-3,8-9,14H,4-7H2,1H3/t9-/m0/s1. The maximum atomic E-state index is 13.3. The lowest BCUT2D eigenvalue weighted by atomic mass is 10.0. The smallest absolute Gasteiger partial charge is 0.274 e. The highest BCUT2D eigenvalue weighted by Gasteiger charge is 2.25. The van der Waals surface area contributed by atoms with Crippen molar-refractivity contribution >= 4 is 5.69 Å². The Morgan fingerprint density at radius 3 is 2.72 bits per heavy atom. The Morgan fingerprint density at radius 2 is 2.11 bits per heavy atom. The fraction of sp³-hybridized carbons (Fsp3) is 0.500. The highest BCUT2D eigenvalue weighted by Crippen LogP contribution is 2.29. The Kier molecular flexibility index (Phi) is 3.88. The Labute approximate surface area is 105 Å². The van der Waals surface area contributed by atoms with E-state index in [1.54, 1.807) is 0 Å². The maximum absolute atomic E-state index is 13.3. The van der Waals surface area contributed by atoms with Crippen molar-refractivity contribution in [2.45, 2.75) is 13.0 Å². The van der Waals surface area contributed by atoms with Crippen LogP contribution in [0.1, 0.15) is 18.5 Å². The van der Waals surface area contributed by atoms with Gasteiger partial charge < -0.3 is 5.32 Å². The summed E-state index contributed by atoms with van der Waals surface area (Å²) < 4.78 is 13.3. The monoisotopic (exact) mass is 253 g/mol. The molecule has 0 aliphatic carbocycles. The molecule has 0 bridgehead atoms. The lowest BCUT2D eigenvalue weighted by Crippen LogP contribution is -2.44. The number of nitrogens with one attached hydrogen (secondary N) is 1. The zero-order valence-electron chi connectivity index (χ0n) is 10.2. The fourth-order valence-corrected chi connectivity index (χ4v) is 2.29. The van der Waals surface area contributed by atoms with Crippen molar-refractivity contribution in [2.24, 2.45) is 0 Å². The molecular formula is C12H16FN3O2. The fourth-order valence-electron chi connectivity index (χ4n) is 2.29. The van der Waals surface area contributed by atoms with Crippen molar-refractivity contribution in [3.63, 3.8) is 0 Å². The zero-order valence-corrected chi connectivity index (χ0v) is 10.2. The average Bonchev–Trinajstić information content (AvgIpc) is 2.38. The summed E-state index contributed by atoms with van der Waals surface area (Å²) in [4.78, 5) is 12.6. The molecule has 1 aliphatic rings. The Morgan fingerprint density at radius 1 is 1.44 bits per heavy atom. The Bertz CT molecular complexity index is 447. The number of nitrogens with zero attached hydrogens (tertiary/aromatic N) is 2. The van der Waals surface area contributed by atoms with Crippen molar-refractivity contribution in [1.29, 1.82) is 0 Å². The molecule has 0 saturated carbocycles. The minimum atomic E-state index is -0.451. The van der Waals surface area contributed by atoms with Crippen LogP contribution >= 0.6 is 0 Å². The Balaban J connectivity index is 2.30. The summed E-state index contributed by atoms with van der Waals surface area (Å²) in [6, 6.07) is 3.49. The van der Waals surface area contributed by atoms with Gasteiger partial charge in [-0.2, -0.15) is 0 Å². The van der Waals surface area contributed by atoms with E-state index < -0.39 is 10.7 Å². The molecule has 0 unspecified atom stereocenters. The van der Waals surface area contributed by atoms with Gasteiger partial charge in [0.1, 0.15) is 5.82 Å². The van der Waals surface area contributed by atoms with Crippen LogP contribution in [-0.4, -0.2) is 36.0 Å². The molecule has 1 atom stereocenters. The van der Waals surface area contributed by atoms with Gasteiger partial charge in [0, 0.05) is 43.9 Å². The molecule has 1 fully saturated rings. The van der Waals surface area contributed by atoms with E-state index >= 15 is 0 Å². The second-order valence-electron chi connectivity index (χ2n) is 4.42. The molecule has 5 nitrogen and oxygen atoms in total. The summed E-state index contributed by atoms with van der Waals surface area (Å²) in [5.74, 6) is -0.433. The van der Waals surface area contributed by atoms with E-state index in [9.17, 15) is 14.5 Å². The van der Waals surface area contributed by atoms with Crippen LogP contribution in [-0.2, 0) is 0 Å². The molecule has 0 radical (unpaired) electrons. The largest absolute Gasteiger partial charge is 0.314 e. The first-order valence-electron chi connectivity index (χ1n) is 5.98. The first-order chi connectivity index (χ1) is 8.59. The van der Waals surface area contributed by atoms with Gasteiger partial charge in [-0.25, -0.2) is 4.39 Å². The van der Waals surface area contributed by atoms with Crippen molar-refractivity contribution in [3.8, 4) is 0 Å². The second kappa shape index (κ2) is 5.41. The second-order valence-corrected chi connectivity index (χ2v) is 4.42. The lowest BCUT2D eigenvalue weighted by Gasteiger charge is -2.32. The predicted octanol–water partition coefficient (Wildman–Crippen LogP) is 1.70. The highest BCUT2D eigenvalue weighted by molar-refractivity contribution is 5.42. The van der Waals surface area contributed by atoms with Gasteiger partial charge in [0.2, 0.25) is 0 Å². The molecule has 98 valence electrons. The van der Waals surface area contributed by atoms with Gasteiger partial charge in [0.15, 0.2) is 0 Å². The average molecular weight is 253 g/mol. The van der Waals surface area contributed by atoms with Gasteiger partial charge in [-0.3, -0.25) is 15.0 Å². The summed E-state index contributed by atoms with van der Waals surface area (Å²) >= 11 is 0. The van der Waals surface area contributed by atoms with Crippen LogP contribution in [0, 0.1) is 15.9 Å². The van der Waals surface area contributed by atoms with Crippen molar-refractivity contribution in [1.82, 2.24) is 10.2 Å². The minimum absolute atomic E-state index is 0.0116. The highest BCUT2D eigenvalue weighted by atomic mass is 19.1. The number of halogens is 1. The summed E-state index contributed by atoms with van der Waals surface area (Å²) in [6.07, 6.45) is 0. The number of piperazine rings is 1. The van der Waals surface area contributed by atoms with Crippen molar-refractivity contribution in [2.75, 3.05) is 26.2 Å². The molecule has 2 rings (SSSR count). The number of benzene rings is 1. The third-order valence-corrected chi connectivity index (χ3v) is 3.34.